The van der Waals surface area contributed by atoms with Gasteiger partial charge in [-0.25, -0.2) is 0 Å². The molecule has 120 valence electrons. The molecule has 3 unspecified atom stereocenters. The Morgan fingerprint density at radius 1 is 1.41 bits per heavy atom. The summed E-state index contributed by atoms with van der Waals surface area (Å²) in [6, 6.07) is 6.63. The standard InChI is InChI=1S/C15H15ClF3NO2/c1-8-12(9-5-4-6-10(16)13(9)21-3)11(7-20)22-14(8,2)15(17,18)19/h4-6,8,11-12H,1-3H3/t8?,11-,12?,14?/m0/s1. The number of benzene rings is 1. The third-order valence-electron chi connectivity index (χ3n) is 4.36. The second-order valence-corrected chi connectivity index (χ2v) is 5.86. The number of halogens is 4. The second kappa shape index (κ2) is 5.64. The highest BCUT2D eigenvalue weighted by atomic mass is 35.5. The van der Waals surface area contributed by atoms with E-state index in [0.717, 1.165) is 6.92 Å². The quantitative estimate of drug-likeness (QED) is 0.809. The van der Waals surface area contributed by atoms with Crippen LogP contribution in [0.1, 0.15) is 25.3 Å². The summed E-state index contributed by atoms with van der Waals surface area (Å²) in [5.41, 5.74) is -1.95. The number of alkyl halides is 3. The zero-order chi connectivity index (χ0) is 16.7. The Hall–Kier alpha value is -1.45. The summed E-state index contributed by atoms with van der Waals surface area (Å²) in [4.78, 5) is 0. The van der Waals surface area contributed by atoms with Gasteiger partial charge >= 0.3 is 6.18 Å². The Morgan fingerprint density at radius 3 is 2.55 bits per heavy atom. The average molecular weight is 334 g/mol. The topological polar surface area (TPSA) is 42.2 Å². The lowest BCUT2D eigenvalue weighted by Crippen LogP contribution is -2.46. The maximum atomic E-state index is 13.4. The number of nitriles is 1. The Balaban J connectivity index is 2.56. The first-order valence-electron chi connectivity index (χ1n) is 6.64. The van der Waals surface area contributed by atoms with Crippen LogP contribution < -0.4 is 4.74 Å². The number of hydrogen-bond donors (Lipinski definition) is 0. The van der Waals surface area contributed by atoms with Crippen LogP contribution in [-0.2, 0) is 4.74 Å². The number of rotatable bonds is 2. The van der Waals surface area contributed by atoms with Crippen LogP contribution in [0.25, 0.3) is 0 Å². The van der Waals surface area contributed by atoms with Crippen LogP contribution in [0.15, 0.2) is 18.2 Å². The molecule has 0 radical (unpaired) electrons. The van der Waals surface area contributed by atoms with Crippen molar-refractivity contribution < 1.29 is 22.6 Å². The molecule has 1 saturated heterocycles. The van der Waals surface area contributed by atoms with Gasteiger partial charge in [-0.3, -0.25) is 0 Å². The van der Waals surface area contributed by atoms with E-state index in [4.69, 9.17) is 21.1 Å². The molecule has 2 rings (SSSR count). The van der Waals surface area contributed by atoms with Crippen molar-refractivity contribution >= 4 is 11.6 Å². The average Bonchev–Trinajstić information content (AvgIpc) is 2.71. The molecular weight excluding hydrogens is 319 g/mol. The van der Waals surface area contributed by atoms with Gasteiger partial charge in [0, 0.05) is 17.4 Å². The second-order valence-electron chi connectivity index (χ2n) is 5.45. The van der Waals surface area contributed by atoms with Gasteiger partial charge in [0.25, 0.3) is 0 Å². The molecule has 4 atom stereocenters. The Bertz CT molecular complexity index is 614. The number of para-hydroxylation sites is 1. The zero-order valence-corrected chi connectivity index (χ0v) is 13.0. The monoisotopic (exact) mass is 333 g/mol. The van der Waals surface area contributed by atoms with Gasteiger partial charge in [0.2, 0.25) is 0 Å². The number of nitrogens with zero attached hydrogens (tertiary/aromatic N) is 1. The largest absolute Gasteiger partial charge is 0.495 e. The molecule has 1 heterocycles. The lowest BCUT2D eigenvalue weighted by Gasteiger charge is -2.31. The van der Waals surface area contributed by atoms with Crippen LogP contribution in [0.5, 0.6) is 5.75 Å². The minimum absolute atomic E-state index is 0.274. The van der Waals surface area contributed by atoms with Gasteiger partial charge in [0.15, 0.2) is 11.7 Å². The fourth-order valence-electron chi connectivity index (χ4n) is 2.92. The van der Waals surface area contributed by atoms with E-state index >= 15 is 0 Å². The molecule has 0 aliphatic carbocycles. The summed E-state index contributed by atoms with van der Waals surface area (Å²) in [5.74, 6) is -1.48. The summed E-state index contributed by atoms with van der Waals surface area (Å²) in [7, 11) is 1.38. The number of ether oxygens (including phenoxy) is 2. The highest BCUT2D eigenvalue weighted by Gasteiger charge is 2.64. The molecule has 1 aliphatic rings. The molecule has 0 aromatic heterocycles. The van der Waals surface area contributed by atoms with E-state index in [1.165, 1.54) is 14.0 Å². The van der Waals surface area contributed by atoms with Gasteiger partial charge in [-0.2, -0.15) is 18.4 Å². The molecule has 0 amide bonds. The summed E-state index contributed by atoms with van der Waals surface area (Å²) in [6.45, 7) is 2.40. The van der Waals surface area contributed by atoms with E-state index in [1.807, 2.05) is 6.07 Å². The molecular formula is C15H15ClF3NO2. The van der Waals surface area contributed by atoms with E-state index < -0.39 is 29.7 Å². The van der Waals surface area contributed by atoms with Crippen molar-refractivity contribution in [3.8, 4) is 11.8 Å². The predicted octanol–water partition coefficient (Wildman–Crippen LogP) is 4.31. The minimum atomic E-state index is -4.58. The van der Waals surface area contributed by atoms with Crippen molar-refractivity contribution in [2.45, 2.75) is 37.6 Å². The van der Waals surface area contributed by atoms with Crippen LogP contribution in [0.4, 0.5) is 13.2 Å². The summed E-state index contributed by atoms with van der Waals surface area (Å²) in [6.07, 6.45) is -5.81. The van der Waals surface area contributed by atoms with Gasteiger partial charge < -0.3 is 9.47 Å². The lowest BCUT2D eigenvalue weighted by molar-refractivity contribution is -0.270. The highest BCUT2D eigenvalue weighted by Crippen LogP contribution is 2.54. The lowest BCUT2D eigenvalue weighted by atomic mass is 9.77. The molecule has 3 nitrogen and oxygen atoms in total. The Labute approximate surface area is 131 Å². The van der Waals surface area contributed by atoms with Gasteiger partial charge in [-0.1, -0.05) is 30.7 Å². The first-order valence-corrected chi connectivity index (χ1v) is 7.01. The minimum Gasteiger partial charge on any atom is -0.495 e. The maximum absolute atomic E-state index is 13.4. The van der Waals surface area contributed by atoms with E-state index in [-0.39, 0.29) is 10.8 Å². The van der Waals surface area contributed by atoms with Crippen molar-refractivity contribution in [3.63, 3.8) is 0 Å². The molecule has 1 aliphatic heterocycles. The van der Waals surface area contributed by atoms with Crippen LogP contribution in [0.3, 0.4) is 0 Å². The van der Waals surface area contributed by atoms with Crippen LogP contribution in [0.2, 0.25) is 5.02 Å². The molecule has 7 heteroatoms. The molecule has 0 N–H and O–H groups in total. The number of hydrogen-bond acceptors (Lipinski definition) is 3. The fraction of sp³-hybridized carbons (Fsp3) is 0.533. The summed E-state index contributed by atoms with van der Waals surface area (Å²) in [5, 5.41) is 9.51. The zero-order valence-electron chi connectivity index (χ0n) is 12.2. The van der Waals surface area contributed by atoms with Crippen molar-refractivity contribution in [1.82, 2.24) is 0 Å². The molecule has 0 bridgehead atoms. The first kappa shape index (κ1) is 16.9. The SMILES string of the molecule is COc1c(Cl)cccc1C1C(C)C(C)(C(F)(F)F)O[C@H]1C#N. The molecule has 0 spiro atoms. The highest BCUT2D eigenvalue weighted by molar-refractivity contribution is 6.32. The predicted molar refractivity (Wildman–Crippen MR) is 74.9 cm³/mol. The van der Waals surface area contributed by atoms with E-state index in [9.17, 15) is 18.4 Å². The van der Waals surface area contributed by atoms with Crippen molar-refractivity contribution in [2.75, 3.05) is 7.11 Å². The van der Waals surface area contributed by atoms with Gasteiger partial charge in [0.1, 0.15) is 5.75 Å². The van der Waals surface area contributed by atoms with E-state index in [0.29, 0.717) is 5.56 Å². The van der Waals surface area contributed by atoms with Crippen LogP contribution in [-0.4, -0.2) is 25.0 Å². The van der Waals surface area contributed by atoms with E-state index in [2.05, 4.69) is 0 Å². The fourth-order valence-corrected chi connectivity index (χ4v) is 3.18. The van der Waals surface area contributed by atoms with Crippen molar-refractivity contribution in [3.05, 3.63) is 28.8 Å². The van der Waals surface area contributed by atoms with Gasteiger partial charge in [0.05, 0.1) is 18.2 Å². The van der Waals surface area contributed by atoms with Crippen molar-refractivity contribution in [1.29, 1.82) is 5.26 Å². The van der Waals surface area contributed by atoms with Crippen molar-refractivity contribution in [2.24, 2.45) is 5.92 Å². The molecule has 1 aromatic carbocycles. The molecule has 0 saturated carbocycles. The third-order valence-corrected chi connectivity index (χ3v) is 4.65. The van der Waals surface area contributed by atoms with E-state index in [1.54, 1.807) is 18.2 Å². The normalized spacial score (nSPS) is 31.8. The Morgan fingerprint density at radius 2 is 2.05 bits per heavy atom. The number of methoxy groups -OCH3 is 1. The third kappa shape index (κ3) is 2.42. The van der Waals surface area contributed by atoms with Gasteiger partial charge in [-0.15, -0.1) is 0 Å². The molecule has 1 aromatic rings. The van der Waals surface area contributed by atoms with Crippen LogP contribution in [0, 0.1) is 17.2 Å². The van der Waals surface area contributed by atoms with Crippen LogP contribution >= 0.6 is 11.6 Å². The molecule has 22 heavy (non-hydrogen) atoms. The Kier molecular flexibility index (Phi) is 4.33. The van der Waals surface area contributed by atoms with Gasteiger partial charge in [-0.05, 0) is 13.0 Å². The summed E-state index contributed by atoms with van der Waals surface area (Å²) < 4.78 is 50.4. The smallest absolute Gasteiger partial charge is 0.417 e. The summed E-state index contributed by atoms with van der Waals surface area (Å²) >= 11 is 6.04. The molecule has 1 fully saturated rings. The first-order chi connectivity index (χ1) is 10.2. The maximum Gasteiger partial charge on any atom is 0.417 e.